The zero-order chi connectivity index (χ0) is 14.8. The topological polar surface area (TPSA) is 75.6 Å². The number of halogens is 1. The second-order valence-electron chi connectivity index (χ2n) is 5.00. The number of hydrogen-bond donors (Lipinski definition) is 2. The highest BCUT2D eigenvalue weighted by Crippen LogP contribution is 2.45. The number of hydrogen-bond acceptors (Lipinski definition) is 3. The molecule has 0 aromatic heterocycles. The summed E-state index contributed by atoms with van der Waals surface area (Å²) in [7, 11) is 1.52. The van der Waals surface area contributed by atoms with Crippen molar-refractivity contribution in [3.63, 3.8) is 0 Å². The summed E-state index contributed by atoms with van der Waals surface area (Å²) < 4.78 is 5.16. The molecule has 0 aliphatic heterocycles. The van der Waals surface area contributed by atoms with Crippen LogP contribution in [-0.2, 0) is 16.0 Å². The molecule has 1 aromatic rings. The van der Waals surface area contributed by atoms with Crippen LogP contribution in [0, 0.1) is 5.41 Å². The molecule has 2 N–H and O–H groups in total. The number of benzene rings is 1. The summed E-state index contributed by atoms with van der Waals surface area (Å²) in [5, 5.41) is 12.2. The van der Waals surface area contributed by atoms with E-state index in [1.54, 1.807) is 18.2 Å². The molecule has 0 bridgehead atoms. The summed E-state index contributed by atoms with van der Waals surface area (Å²) in [5.41, 5.74) is -0.0775. The van der Waals surface area contributed by atoms with E-state index < -0.39 is 11.4 Å². The lowest BCUT2D eigenvalue weighted by molar-refractivity contribution is -0.143. The van der Waals surface area contributed by atoms with Gasteiger partial charge in [-0.3, -0.25) is 9.59 Å². The Morgan fingerprint density at radius 3 is 2.70 bits per heavy atom. The molecule has 0 heterocycles. The van der Waals surface area contributed by atoms with Crippen molar-refractivity contribution >= 4 is 23.5 Å². The number of ether oxygens (including phenoxy) is 1. The molecule has 0 spiro atoms. The van der Waals surface area contributed by atoms with Crippen LogP contribution >= 0.6 is 11.6 Å². The Kier molecular flexibility index (Phi) is 4.18. The van der Waals surface area contributed by atoms with Crippen LogP contribution in [-0.4, -0.2) is 30.6 Å². The zero-order valence-electron chi connectivity index (χ0n) is 11.1. The highest BCUT2D eigenvalue weighted by atomic mass is 35.5. The summed E-state index contributed by atoms with van der Waals surface area (Å²) in [6, 6.07) is 5.06. The number of rotatable bonds is 6. The number of carboxylic acid groups (broad SMARTS) is 1. The van der Waals surface area contributed by atoms with Crippen molar-refractivity contribution in [2.45, 2.75) is 19.3 Å². The third kappa shape index (κ3) is 3.22. The predicted octanol–water partition coefficient (Wildman–Crippen LogP) is 1.87. The average molecular weight is 298 g/mol. The van der Waals surface area contributed by atoms with Crippen LogP contribution in [0.1, 0.15) is 18.4 Å². The Bertz CT molecular complexity index is 540. The summed E-state index contributed by atoms with van der Waals surface area (Å²) >= 11 is 5.89. The van der Waals surface area contributed by atoms with Crippen LogP contribution in [0.25, 0.3) is 0 Å². The lowest BCUT2D eigenvalue weighted by Gasteiger charge is -2.12. The normalized spacial score (nSPS) is 15.5. The summed E-state index contributed by atoms with van der Waals surface area (Å²) in [6.07, 6.45) is 1.34. The summed E-state index contributed by atoms with van der Waals surface area (Å²) in [5.74, 6) is -0.500. The second-order valence-corrected chi connectivity index (χ2v) is 5.43. The maximum absolute atomic E-state index is 11.9. The molecule has 1 aliphatic rings. The summed E-state index contributed by atoms with van der Waals surface area (Å²) in [4.78, 5) is 22.9. The van der Waals surface area contributed by atoms with Crippen molar-refractivity contribution in [2.24, 2.45) is 5.41 Å². The minimum atomic E-state index is -0.849. The Labute approximate surface area is 121 Å². The first-order chi connectivity index (χ1) is 9.47. The first-order valence-corrected chi connectivity index (χ1v) is 6.67. The fourth-order valence-electron chi connectivity index (χ4n) is 2.01. The first-order valence-electron chi connectivity index (χ1n) is 6.29. The molecule has 0 radical (unpaired) electrons. The number of carbonyl (C=O) groups is 2. The highest BCUT2D eigenvalue weighted by Gasteiger charge is 2.50. The van der Waals surface area contributed by atoms with E-state index in [0.29, 0.717) is 29.2 Å². The molecule has 20 heavy (non-hydrogen) atoms. The molecule has 0 saturated heterocycles. The molecule has 2 rings (SSSR count). The highest BCUT2D eigenvalue weighted by molar-refractivity contribution is 6.30. The van der Waals surface area contributed by atoms with Gasteiger partial charge in [0.15, 0.2) is 0 Å². The molecule has 1 aliphatic carbocycles. The van der Waals surface area contributed by atoms with Gasteiger partial charge in [-0.2, -0.15) is 0 Å². The number of aliphatic carboxylic acids is 1. The number of nitrogens with one attached hydrogen (secondary N) is 1. The van der Waals surface area contributed by atoms with E-state index in [2.05, 4.69) is 5.32 Å². The van der Waals surface area contributed by atoms with Gasteiger partial charge >= 0.3 is 5.97 Å². The van der Waals surface area contributed by atoms with E-state index in [0.717, 1.165) is 0 Å². The molecule has 0 atom stereocenters. The van der Waals surface area contributed by atoms with E-state index in [4.69, 9.17) is 21.4 Å². The van der Waals surface area contributed by atoms with Crippen LogP contribution in [0.15, 0.2) is 18.2 Å². The van der Waals surface area contributed by atoms with E-state index >= 15 is 0 Å². The maximum Gasteiger partial charge on any atom is 0.311 e. The van der Waals surface area contributed by atoms with Crippen molar-refractivity contribution in [1.29, 1.82) is 0 Å². The average Bonchev–Trinajstić information content (AvgIpc) is 3.18. The Balaban J connectivity index is 1.95. The number of carbonyl (C=O) groups excluding carboxylic acids is 1. The molecule has 1 fully saturated rings. The Morgan fingerprint density at radius 1 is 1.45 bits per heavy atom. The first kappa shape index (κ1) is 14.7. The van der Waals surface area contributed by atoms with Gasteiger partial charge in [-0.15, -0.1) is 0 Å². The van der Waals surface area contributed by atoms with Gasteiger partial charge in [-0.1, -0.05) is 11.6 Å². The van der Waals surface area contributed by atoms with Crippen molar-refractivity contribution in [3.8, 4) is 5.75 Å². The van der Waals surface area contributed by atoms with Crippen molar-refractivity contribution < 1.29 is 19.4 Å². The lowest BCUT2D eigenvalue weighted by atomic mass is 10.1. The monoisotopic (exact) mass is 297 g/mol. The SMILES string of the molecule is COc1ccc(Cl)cc1CC(=O)NCC1(C(=O)O)CC1. The van der Waals surface area contributed by atoms with E-state index in [1.807, 2.05) is 0 Å². The van der Waals surface area contributed by atoms with E-state index in [1.165, 1.54) is 7.11 Å². The van der Waals surface area contributed by atoms with Crippen molar-refractivity contribution in [2.75, 3.05) is 13.7 Å². The molecule has 5 nitrogen and oxygen atoms in total. The van der Waals surface area contributed by atoms with Gasteiger partial charge in [0, 0.05) is 17.1 Å². The molecule has 108 valence electrons. The van der Waals surface area contributed by atoms with Gasteiger partial charge in [0.1, 0.15) is 5.75 Å². The van der Waals surface area contributed by atoms with Crippen LogP contribution in [0.3, 0.4) is 0 Å². The molecule has 1 amide bonds. The second kappa shape index (κ2) is 5.71. The van der Waals surface area contributed by atoms with Crippen molar-refractivity contribution in [1.82, 2.24) is 5.32 Å². The fourth-order valence-corrected chi connectivity index (χ4v) is 2.20. The number of amides is 1. The Hall–Kier alpha value is -1.75. The van der Waals surface area contributed by atoms with Gasteiger partial charge in [-0.25, -0.2) is 0 Å². The summed E-state index contributed by atoms with van der Waals surface area (Å²) in [6.45, 7) is 0.171. The third-order valence-electron chi connectivity index (χ3n) is 3.52. The van der Waals surface area contributed by atoms with Gasteiger partial charge in [0.05, 0.1) is 18.9 Å². The molecule has 1 aromatic carbocycles. The largest absolute Gasteiger partial charge is 0.496 e. The minimum absolute atomic E-state index is 0.111. The van der Waals surface area contributed by atoms with Gasteiger partial charge < -0.3 is 15.2 Å². The predicted molar refractivity (Wildman–Crippen MR) is 74.0 cm³/mol. The van der Waals surface area contributed by atoms with Crippen LogP contribution in [0.5, 0.6) is 5.75 Å². The van der Waals surface area contributed by atoms with Crippen molar-refractivity contribution in [3.05, 3.63) is 28.8 Å². The minimum Gasteiger partial charge on any atom is -0.496 e. The van der Waals surface area contributed by atoms with Gasteiger partial charge in [0.25, 0.3) is 0 Å². The maximum atomic E-state index is 11.9. The zero-order valence-corrected chi connectivity index (χ0v) is 11.9. The van der Waals surface area contributed by atoms with E-state index in [9.17, 15) is 9.59 Å². The smallest absolute Gasteiger partial charge is 0.311 e. The standard InChI is InChI=1S/C14H16ClNO4/c1-20-11-3-2-10(15)6-9(11)7-12(17)16-8-14(4-5-14)13(18)19/h2-3,6H,4-5,7-8H2,1H3,(H,16,17)(H,18,19). The fraction of sp³-hybridized carbons (Fsp3) is 0.429. The van der Waals surface area contributed by atoms with Crippen LogP contribution in [0.4, 0.5) is 0 Å². The third-order valence-corrected chi connectivity index (χ3v) is 3.76. The van der Waals surface area contributed by atoms with Crippen LogP contribution in [0.2, 0.25) is 5.02 Å². The molecular formula is C14H16ClNO4. The Morgan fingerprint density at radius 2 is 2.15 bits per heavy atom. The molecule has 0 unspecified atom stereocenters. The lowest BCUT2D eigenvalue weighted by Crippen LogP contribution is -2.35. The number of carboxylic acids is 1. The van der Waals surface area contributed by atoms with Crippen LogP contribution < -0.4 is 10.1 Å². The van der Waals surface area contributed by atoms with E-state index in [-0.39, 0.29) is 18.9 Å². The quantitative estimate of drug-likeness (QED) is 0.840. The molecule has 1 saturated carbocycles. The molecule has 6 heteroatoms. The molecular weight excluding hydrogens is 282 g/mol. The van der Waals surface area contributed by atoms with Gasteiger partial charge in [0.2, 0.25) is 5.91 Å². The number of methoxy groups -OCH3 is 1. The van der Waals surface area contributed by atoms with Gasteiger partial charge in [-0.05, 0) is 31.0 Å².